The molecule has 0 saturated carbocycles. The number of hydrazone groups is 1. The smallest absolute Gasteiger partial charge is 0.187 e. The van der Waals surface area contributed by atoms with E-state index in [0.29, 0.717) is 11.7 Å². The largest absolute Gasteiger partial charge is 0.497 e. The molecule has 1 heterocycles. The van der Waals surface area contributed by atoms with E-state index >= 15 is 0 Å². The molecule has 1 aliphatic rings. The molecular formula is C23H30N4O2S. The van der Waals surface area contributed by atoms with Crippen LogP contribution in [0.2, 0.25) is 0 Å². The lowest BCUT2D eigenvalue weighted by molar-refractivity contribution is 0.321. The zero-order valence-corrected chi connectivity index (χ0v) is 18.7. The lowest BCUT2D eigenvalue weighted by atomic mass is 10.1. The average molecular weight is 427 g/mol. The fourth-order valence-electron chi connectivity index (χ4n) is 3.47. The van der Waals surface area contributed by atoms with Gasteiger partial charge in [-0.25, -0.2) is 0 Å². The summed E-state index contributed by atoms with van der Waals surface area (Å²) in [4.78, 5) is 2.46. The van der Waals surface area contributed by atoms with Crippen molar-refractivity contribution in [3.05, 3.63) is 59.2 Å². The quantitative estimate of drug-likeness (QED) is 0.381. The highest BCUT2D eigenvalue weighted by molar-refractivity contribution is 7.80. The Morgan fingerprint density at radius 3 is 2.47 bits per heavy atom. The average Bonchev–Trinajstić information content (AvgIpc) is 3.29. The van der Waals surface area contributed by atoms with Crippen molar-refractivity contribution in [1.29, 1.82) is 0 Å². The minimum absolute atomic E-state index is 0.482. The predicted molar refractivity (Wildman–Crippen MR) is 125 cm³/mol. The van der Waals surface area contributed by atoms with Gasteiger partial charge < -0.3 is 14.8 Å². The van der Waals surface area contributed by atoms with E-state index < -0.39 is 0 Å². The van der Waals surface area contributed by atoms with Gasteiger partial charge in [-0.05, 0) is 86.5 Å². The third kappa shape index (κ3) is 6.18. The van der Waals surface area contributed by atoms with Gasteiger partial charge in [-0.15, -0.1) is 0 Å². The van der Waals surface area contributed by atoms with Gasteiger partial charge in [0.1, 0.15) is 11.5 Å². The summed E-state index contributed by atoms with van der Waals surface area (Å²) in [6.07, 6.45) is 2.54. The maximum Gasteiger partial charge on any atom is 0.187 e. The van der Waals surface area contributed by atoms with Crippen LogP contribution < -0.4 is 20.2 Å². The number of methoxy groups -OCH3 is 2. The number of nitrogens with zero attached hydrogens (tertiary/aromatic N) is 2. The van der Waals surface area contributed by atoms with Crippen LogP contribution in [0.25, 0.3) is 0 Å². The normalized spacial score (nSPS) is 14.4. The highest BCUT2D eigenvalue weighted by Gasteiger charge is 2.15. The van der Waals surface area contributed by atoms with Crippen molar-refractivity contribution >= 4 is 23.0 Å². The zero-order valence-electron chi connectivity index (χ0n) is 17.9. The lowest BCUT2D eigenvalue weighted by Gasteiger charge is -2.18. The predicted octanol–water partition coefficient (Wildman–Crippen LogP) is 3.69. The van der Waals surface area contributed by atoms with Crippen molar-refractivity contribution in [2.24, 2.45) is 5.10 Å². The fourth-order valence-corrected chi connectivity index (χ4v) is 3.59. The molecule has 0 atom stereocenters. The summed E-state index contributed by atoms with van der Waals surface area (Å²) in [5.41, 5.74) is 7.16. The van der Waals surface area contributed by atoms with Gasteiger partial charge in [0, 0.05) is 18.7 Å². The molecule has 3 rings (SSSR count). The molecule has 1 fully saturated rings. The second-order valence-corrected chi connectivity index (χ2v) is 7.76. The lowest BCUT2D eigenvalue weighted by Crippen LogP contribution is -2.32. The Kier molecular flexibility index (Phi) is 8.04. The third-order valence-corrected chi connectivity index (χ3v) is 5.46. The molecule has 0 bridgehead atoms. The molecule has 6 nitrogen and oxygen atoms in total. The Balaban J connectivity index is 1.57. The summed E-state index contributed by atoms with van der Waals surface area (Å²) in [6.45, 7) is 5.79. The highest BCUT2D eigenvalue weighted by atomic mass is 32.1. The van der Waals surface area contributed by atoms with E-state index in [4.69, 9.17) is 21.7 Å². The fraction of sp³-hybridized carbons (Fsp3) is 0.391. The van der Waals surface area contributed by atoms with Crippen molar-refractivity contribution in [3.8, 4) is 11.5 Å². The van der Waals surface area contributed by atoms with Crippen LogP contribution in [0.3, 0.4) is 0 Å². The first-order chi connectivity index (χ1) is 14.6. The van der Waals surface area contributed by atoms with Gasteiger partial charge in [-0.3, -0.25) is 10.3 Å². The molecular weight excluding hydrogens is 396 g/mol. The molecule has 1 saturated heterocycles. The first kappa shape index (κ1) is 22.1. The maximum atomic E-state index is 5.56. The van der Waals surface area contributed by atoms with Crippen LogP contribution in [0.1, 0.15) is 36.5 Å². The van der Waals surface area contributed by atoms with E-state index in [0.717, 1.165) is 48.0 Å². The second-order valence-electron chi connectivity index (χ2n) is 7.35. The Hall–Kier alpha value is -2.64. The Morgan fingerprint density at radius 1 is 1.07 bits per heavy atom. The molecule has 0 amide bonds. The highest BCUT2D eigenvalue weighted by Crippen LogP contribution is 2.23. The molecule has 160 valence electrons. The van der Waals surface area contributed by atoms with E-state index in [1.807, 2.05) is 43.3 Å². The number of rotatable bonds is 8. The number of thiocarbonyl (C=S) groups is 1. The van der Waals surface area contributed by atoms with Crippen LogP contribution in [0.4, 0.5) is 0 Å². The van der Waals surface area contributed by atoms with Crippen LogP contribution in [-0.2, 0) is 13.1 Å². The third-order valence-electron chi connectivity index (χ3n) is 5.23. The molecule has 1 aliphatic heterocycles. The molecule has 0 radical (unpaired) electrons. The molecule has 0 unspecified atom stereocenters. The second kappa shape index (κ2) is 10.9. The molecule has 0 spiro atoms. The summed E-state index contributed by atoms with van der Waals surface area (Å²) in [7, 11) is 3.38. The van der Waals surface area contributed by atoms with Crippen LogP contribution in [0.15, 0.2) is 47.6 Å². The van der Waals surface area contributed by atoms with Crippen LogP contribution in [0.5, 0.6) is 11.5 Å². The molecule has 2 N–H and O–H groups in total. The summed E-state index contributed by atoms with van der Waals surface area (Å²) in [5.74, 6) is 1.76. The summed E-state index contributed by atoms with van der Waals surface area (Å²) in [5, 5.41) is 8.10. The molecule has 2 aromatic rings. The Labute approximate surface area is 184 Å². The Bertz CT molecular complexity index is 877. The van der Waals surface area contributed by atoms with Gasteiger partial charge in [0.25, 0.3) is 0 Å². The maximum absolute atomic E-state index is 5.56. The minimum Gasteiger partial charge on any atom is -0.497 e. The van der Waals surface area contributed by atoms with Gasteiger partial charge in [-0.1, -0.05) is 12.1 Å². The van der Waals surface area contributed by atoms with Gasteiger partial charge in [0.15, 0.2) is 5.11 Å². The van der Waals surface area contributed by atoms with E-state index in [1.165, 1.54) is 18.4 Å². The van der Waals surface area contributed by atoms with E-state index in [1.54, 1.807) is 14.2 Å². The molecule has 0 aliphatic carbocycles. The molecule has 2 aromatic carbocycles. The van der Waals surface area contributed by atoms with Gasteiger partial charge in [0.05, 0.1) is 19.9 Å². The topological polar surface area (TPSA) is 58.1 Å². The SMILES string of the molecule is COc1ccc(CNC(=S)N/N=C(/C)c2ccc(OC)c(CN3CCCC3)c2)cc1. The van der Waals surface area contributed by atoms with E-state index in [2.05, 4.69) is 26.8 Å². The first-order valence-electron chi connectivity index (χ1n) is 10.2. The zero-order chi connectivity index (χ0) is 21.3. The van der Waals surface area contributed by atoms with Crippen LogP contribution >= 0.6 is 12.2 Å². The number of nitrogens with one attached hydrogen (secondary N) is 2. The standard InChI is InChI=1S/C23H30N4O2S/c1-17(25-26-23(30)24-15-18-6-9-21(28-2)10-7-18)19-8-11-22(29-3)20(14-19)16-27-12-4-5-13-27/h6-11,14H,4-5,12-13,15-16H2,1-3H3,(H2,24,26,30)/b25-17-. The number of likely N-dealkylation sites (tertiary alicyclic amines) is 1. The van der Waals surface area contributed by atoms with Gasteiger partial charge >= 0.3 is 0 Å². The Morgan fingerprint density at radius 2 is 1.80 bits per heavy atom. The van der Waals surface area contributed by atoms with E-state index in [-0.39, 0.29) is 0 Å². The van der Waals surface area contributed by atoms with Crippen LogP contribution in [0, 0.1) is 0 Å². The van der Waals surface area contributed by atoms with Gasteiger partial charge in [-0.2, -0.15) is 5.10 Å². The van der Waals surface area contributed by atoms with Crippen molar-refractivity contribution in [1.82, 2.24) is 15.6 Å². The number of benzene rings is 2. The van der Waals surface area contributed by atoms with Crippen LogP contribution in [-0.4, -0.2) is 43.0 Å². The minimum atomic E-state index is 0.482. The van der Waals surface area contributed by atoms with Crippen molar-refractivity contribution in [2.45, 2.75) is 32.9 Å². The number of hydrogen-bond donors (Lipinski definition) is 2. The van der Waals surface area contributed by atoms with Crippen molar-refractivity contribution in [2.75, 3.05) is 27.3 Å². The number of hydrogen-bond acceptors (Lipinski definition) is 5. The summed E-state index contributed by atoms with van der Waals surface area (Å²) in [6, 6.07) is 14.1. The summed E-state index contributed by atoms with van der Waals surface area (Å²) >= 11 is 5.35. The molecule has 30 heavy (non-hydrogen) atoms. The first-order valence-corrected chi connectivity index (χ1v) is 10.6. The van der Waals surface area contributed by atoms with Crippen molar-refractivity contribution < 1.29 is 9.47 Å². The van der Waals surface area contributed by atoms with E-state index in [9.17, 15) is 0 Å². The number of ether oxygens (including phenoxy) is 2. The molecule has 7 heteroatoms. The summed E-state index contributed by atoms with van der Waals surface area (Å²) < 4.78 is 10.7. The molecule has 0 aromatic heterocycles. The van der Waals surface area contributed by atoms with Crippen molar-refractivity contribution in [3.63, 3.8) is 0 Å². The van der Waals surface area contributed by atoms with Gasteiger partial charge in [0.2, 0.25) is 0 Å². The monoisotopic (exact) mass is 426 g/mol.